The van der Waals surface area contributed by atoms with Gasteiger partial charge in [-0.15, -0.1) is 8.78 Å². The number of amides is 1. The van der Waals surface area contributed by atoms with Gasteiger partial charge in [-0.25, -0.2) is 4.79 Å². The van der Waals surface area contributed by atoms with Crippen molar-refractivity contribution in [3.8, 4) is 17.4 Å². The molecule has 0 radical (unpaired) electrons. The van der Waals surface area contributed by atoms with E-state index in [1.54, 1.807) is 30.3 Å². The quantitative estimate of drug-likeness (QED) is 0.379. The largest absolute Gasteiger partial charge is 0.586 e. The first-order valence-electron chi connectivity index (χ1n) is 11.9. The number of nitrogens with one attached hydrogen (secondary N) is 1. The van der Waals surface area contributed by atoms with E-state index in [1.807, 2.05) is 0 Å². The van der Waals surface area contributed by atoms with Gasteiger partial charge >= 0.3 is 12.3 Å². The average Bonchev–Trinajstić information content (AvgIpc) is 3.65. The third kappa shape index (κ3) is 4.17. The number of aromatic nitrogens is 1. The lowest BCUT2D eigenvalue weighted by atomic mass is 9.91. The Bertz CT molecular complexity index is 1460. The topological polar surface area (TPSA) is 96.0 Å². The van der Waals surface area contributed by atoms with Crippen LogP contribution in [-0.4, -0.2) is 30.3 Å². The minimum absolute atomic E-state index is 0.0326. The zero-order valence-electron chi connectivity index (χ0n) is 20.0. The van der Waals surface area contributed by atoms with Gasteiger partial charge in [0.2, 0.25) is 17.7 Å². The summed E-state index contributed by atoms with van der Waals surface area (Å²) in [5.41, 5.74) is 1.05. The van der Waals surface area contributed by atoms with Crippen LogP contribution in [-0.2, 0) is 14.9 Å². The molecular formula is C27H21F3N2O6. The van der Waals surface area contributed by atoms with E-state index in [9.17, 15) is 22.8 Å². The molecule has 2 aliphatic heterocycles. The Balaban J connectivity index is 1.28. The molecule has 2 atom stereocenters. The van der Waals surface area contributed by atoms with Gasteiger partial charge in [0.25, 0.3) is 0 Å². The van der Waals surface area contributed by atoms with Gasteiger partial charge in [-0.3, -0.25) is 4.79 Å². The van der Waals surface area contributed by atoms with E-state index >= 15 is 0 Å². The van der Waals surface area contributed by atoms with Gasteiger partial charge in [0.1, 0.15) is 6.10 Å². The summed E-state index contributed by atoms with van der Waals surface area (Å²) in [5, 5.41) is 3.03. The summed E-state index contributed by atoms with van der Waals surface area (Å²) in [6.45, 7) is 0. The highest BCUT2D eigenvalue weighted by Crippen LogP contribution is 2.52. The van der Waals surface area contributed by atoms with Crippen LogP contribution in [0.5, 0.6) is 17.4 Å². The molecule has 196 valence electrons. The first-order valence-corrected chi connectivity index (χ1v) is 11.9. The Morgan fingerprint density at radius 2 is 1.84 bits per heavy atom. The number of methoxy groups -OCH3 is 1. The van der Waals surface area contributed by atoms with Crippen LogP contribution in [0.3, 0.4) is 0 Å². The number of esters is 1. The zero-order valence-corrected chi connectivity index (χ0v) is 20.0. The number of ether oxygens (including phenoxy) is 4. The summed E-state index contributed by atoms with van der Waals surface area (Å²) in [6.07, 6.45) is -3.10. The Morgan fingerprint density at radius 1 is 1.05 bits per heavy atom. The van der Waals surface area contributed by atoms with Crippen molar-refractivity contribution >= 4 is 11.9 Å². The molecular weight excluding hydrogens is 505 g/mol. The second kappa shape index (κ2) is 8.64. The van der Waals surface area contributed by atoms with Crippen LogP contribution in [0.15, 0.2) is 54.6 Å². The molecule has 1 fully saturated rings. The number of carbonyl (C=O) groups is 2. The van der Waals surface area contributed by atoms with Crippen molar-refractivity contribution in [1.82, 2.24) is 10.3 Å². The Hall–Kier alpha value is -4.28. The van der Waals surface area contributed by atoms with E-state index in [1.165, 1.54) is 31.4 Å². The zero-order chi connectivity index (χ0) is 26.7. The van der Waals surface area contributed by atoms with Crippen molar-refractivity contribution in [2.45, 2.75) is 43.1 Å². The molecule has 11 heteroatoms. The van der Waals surface area contributed by atoms with Crippen LogP contribution >= 0.6 is 0 Å². The number of carbonyl (C=O) groups excluding carboxylic acids is 2. The van der Waals surface area contributed by atoms with Crippen LogP contribution in [0.2, 0.25) is 0 Å². The molecule has 0 unspecified atom stereocenters. The van der Waals surface area contributed by atoms with E-state index < -0.39 is 35.8 Å². The first-order chi connectivity index (χ1) is 18.2. The number of hydrogen-bond acceptors (Lipinski definition) is 7. The molecule has 1 saturated carbocycles. The highest BCUT2D eigenvalue weighted by Gasteiger charge is 2.53. The van der Waals surface area contributed by atoms with Gasteiger partial charge in [0.05, 0.1) is 24.1 Å². The Morgan fingerprint density at radius 3 is 2.61 bits per heavy atom. The maximum absolute atomic E-state index is 14.0. The molecule has 0 spiro atoms. The van der Waals surface area contributed by atoms with Gasteiger partial charge < -0.3 is 24.3 Å². The van der Waals surface area contributed by atoms with E-state index in [4.69, 9.17) is 9.47 Å². The predicted octanol–water partition coefficient (Wildman–Crippen LogP) is 4.74. The van der Waals surface area contributed by atoms with Crippen molar-refractivity contribution in [3.05, 3.63) is 82.8 Å². The molecule has 2 aromatic carbocycles. The van der Waals surface area contributed by atoms with Crippen LogP contribution < -0.4 is 19.5 Å². The molecule has 1 aliphatic carbocycles. The lowest BCUT2D eigenvalue weighted by Gasteiger charge is -2.33. The van der Waals surface area contributed by atoms with Gasteiger partial charge in [0.15, 0.2) is 11.5 Å². The van der Waals surface area contributed by atoms with Gasteiger partial charge in [-0.05, 0) is 60.4 Å². The first kappa shape index (κ1) is 24.1. The number of benzene rings is 2. The van der Waals surface area contributed by atoms with Crippen LogP contribution in [0.1, 0.15) is 58.5 Å². The SMILES string of the molecule is COC(=O)c1cccc([C@H]2C[C@H](NC(=O)C3(c4ccc5c(c4)OC(F)(F)O5)CC3)c3ccc(F)nc3O2)c1. The number of rotatable bonds is 5. The maximum atomic E-state index is 14.0. The minimum Gasteiger partial charge on any atom is -0.469 e. The smallest absolute Gasteiger partial charge is 0.469 e. The highest BCUT2D eigenvalue weighted by molar-refractivity contribution is 5.92. The molecule has 1 amide bonds. The second-order valence-corrected chi connectivity index (χ2v) is 9.42. The Labute approximate surface area is 214 Å². The van der Waals surface area contributed by atoms with Crippen LogP contribution in [0.25, 0.3) is 0 Å². The third-order valence-electron chi connectivity index (χ3n) is 7.06. The maximum Gasteiger partial charge on any atom is 0.586 e. The fourth-order valence-corrected chi connectivity index (χ4v) is 4.95. The van der Waals surface area contributed by atoms with E-state index in [0.29, 0.717) is 35.1 Å². The molecule has 8 nitrogen and oxygen atoms in total. The van der Waals surface area contributed by atoms with E-state index in [0.717, 1.165) is 0 Å². The van der Waals surface area contributed by atoms with Crippen molar-refractivity contribution in [2.75, 3.05) is 7.11 Å². The molecule has 6 rings (SSSR count). The summed E-state index contributed by atoms with van der Waals surface area (Å²) in [7, 11) is 1.28. The second-order valence-electron chi connectivity index (χ2n) is 9.42. The number of halogens is 3. The highest BCUT2D eigenvalue weighted by atomic mass is 19.3. The predicted molar refractivity (Wildman–Crippen MR) is 124 cm³/mol. The number of hydrogen-bond donors (Lipinski definition) is 1. The normalized spacial score (nSPS) is 21.6. The van der Waals surface area contributed by atoms with Crippen molar-refractivity contribution in [1.29, 1.82) is 0 Å². The van der Waals surface area contributed by atoms with Gasteiger partial charge in [-0.1, -0.05) is 18.2 Å². The summed E-state index contributed by atoms with van der Waals surface area (Å²) >= 11 is 0. The molecule has 0 bridgehead atoms. The van der Waals surface area contributed by atoms with Crippen molar-refractivity contribution < 1.29 is 41.7 Å². The number of pyridine rings is 1. The average molecular weight is 526 g/mol. The third-order valence-corrected chi connectivity index (χ3v) is 7.06. The van der Waals surface area contributed by atoms with Crippen LogP contribution in [0, 0.1) is 5.95 Å². The molecule has 3 heterocycles. The molecule has 38 heavy (non-hydrogen) atoms. The molecule has 1 aromatic heterocycles. The molecule has 0 saturated heterocycles. The summed E-state index contributed by atoms with van der Waals surface area (Å²) in [6, 6.07) is 13.1. The monoisotopic (exact) mass is 526 g/mol. The lowest BCUT2D eigenvalue weighted by Crippen LogP contribution is -2.40. The van der Waals surface area contributed by atoms with E-state index in [-0.39, 0.29) is 29.7 Å². The lowest BCUT2D eigenvalue weighted by molar-refractivity contribution is -0.286. The van der Waals surface area contributed by atoms with Crippen LogP contribution in [0.4, 0.5) is 13.2 Å². The fraction of sp³-hybridized carbons (Fsp3) is 0.296. The summed E-state index contributed by atoms with van der Waals surface area (Å²) < 4.78 is 60.8. The van der Waals surface area contributed by atoms with E-state index in [2.05, 4.69) is 19.8 Å². The van der Waals surface area contributed by atoms with Crippen molar-refractivity contribution in [3.63, 3.8) is 0 Å². The van der Waals surface area contributed by atoms with Gasteiger partial charge in [-0.2, -0.15) is 9.37 Å². The van der Waals surface area contributed by atoms with Gasteiger partial charge in [0, 0.05) is 12.0 Å². The minimum atomic E-state index is -3.76. The summed E-state index contributed by atoms with van der Waals surface area (Å²) in [4.78, 5) is 29.5. The Kier molecular flexibility index (Phi) is 5.48. The molecule has 3 aromatic rings. The fourth-order valence-electron chi connectivity index (χ4n) is 4.95. The van der Waals surface area contributed by atoms with Crippen molar-refractivity contribution in [2.24, 2.45) is 0 Å². The molecule has 1 N–H and O–H groups in total. The molecule has 3 aliphatic rings. The number of fused-ring (bicyclic) bond motifs is 2. The number of nitrogens with zero attached hydrogens (tertiary/aromatic N) is 1. The summed E-state index contributed by atoms with van der Waals surface area (Å²) in [5.74, 6) is -1.77. The number of alkyl halides is 2. The standard InChI is InChI=1S/C27H21F3N2O6/c1-35-24(33)15-4-2-3-14(11-15)20-13-18(17-6-8-22(28)32-23(17)36-20)31-25(34)26(9-10-26)16-5-7-19-21(12-16)38-27(29,30)37-19/h2-8,11-12,18,20H,9-10,13H2,1H3,(H,31,34)/t18-,20+/m0/s1.